The summed E-state index contributed by atoms with van der Waals surface area (Å²) in [5.74, 6) is -0.168. The van der Waals surface area contributed by atoms with Crippen molar-refractivity contribution < 1.29 is 22.7 Å². The zero-order valence-corrected chi connectivity index (χ0v) is 12.5. The van der Waals surface area contributed by atoms with Crippen LogP contribution in [0.1, 0.15) is 32.1 Å². The second-order valence-corrected chi connectivity index (χ2v) is 5.97. The average Bonchev–Trinajstić information content (AvgIpc) is 2.33. The lowest BCUT2D eigenvalue weighted by Gasteiger charge is -2.35. The van der Waals surface area contributed by atoms with Gasteiger partial charge in [-0.15, -0.1) is 0 Å². The van der Waals surface area contributed by atoms with Crippen molar-refractivity contribution in [3.8, 4) is 0 Å². The molecule has 112 valence electrons. The van der Waals surface area contributed by atoms with Crippen LogP contribution >= 0.6 is 15.9 Å². The van der Waals surface area contributed by atoms with Gasteiger partial charge in [-0.05, 0) is 12.8 Å². The van der Waals surface area contributed by atoms with Gasteiger partial charge in [-0.3, -0.25) is 4.79 Å². The van der Waals surface area contributed by atoms with Crippen LogP contribution in [-0.2, 0) is 9.53 Å². The molecule has 1 saturated carbocycles. The molecule has 0 radical (unpaired) electrons. The van der Waals surface area contributed by atoms with E-state index in [1.807, 2.05) is 0 Å². The lowest BCUT2D eigenvalue weighted by Crippen LogP contribution is -2.44. The van der Waals surface area contributed by atoms with Crippen molar-refractivity contribution in [1.82, 2.24) is 4.90 Å². The standard InChI is InChI=1S/C12H19BrF3NO2/c1-17(10-5-3-2-4-9(10)13)11(18)6-7-19-8-12(14,15)16/h9-10H,2-8H2,1H3. The molecular weight excluding hydrogens is 327 g/mol. The Labute approximate surface area is 119 Å². The summed E-state index contributed by atoms with van der Waals surface area (Å²) in [5.41, 5.74) is 0. The second-order valence-electron chi connectivity index (χ2n) is 4.79. The molecule has 0 N–H and O–H groups in total. The van der Waals surface area contributed by atoms with E-state index in [9.17, 15) is 18.0 Å². The van der Waals surface area contributed by atoms with Gasteiger partial charge in [-0.25, -0.2) is 0 Å². The Morgan fingerprint density at radius 1 is 1.37 bits per heavy atom. The Kier molecular flexibility index (Phi) is 6.59. The van der Waals surface area contributed by atoms with Gasteiger partial charge < -0.3 is 9.64 Å². The highest BCUT2D eigenvalue weighted by Crippen LogP contribution is 2.28. The molecule has 0 aromatic carbocycles. The number of ether oxygens (including phenoxy) is 1. The number of amides is 1. The first-order chi connectivity index (χ1) is 8.81. The van der Waals surface area contributed by atoms with Gasteiger partial charge in [0, 0.05) is 17.9 Å². The van der Waals surface area contributed by atoms with Crippen molar-refractivity contribution in [3.05, 3.63) is 0 Å². The van der Waals surface area contributed by atoms with E-state index in [1.54, 1.807) is 11.9 Å². The lowest BCUT2D eigenvalue weighted by atomic mass is 9.94. The number of halogens is 4. The molecular formula is C12H19BrF3NO2. The van der Waals surface area contributed by atoms with Gasteiger partial charge in [0.25, 0.3) is 0 Å². The smallest absolute Gasteiger partial charge is 0.372 e. The molecule has 0 heterocycles. The minimum atomic E-state index is -4.33. The molecule has 7 heteroatoms. The topological polar surface area (TPSA) is 29.5 Å². The maximum atomic E-state index is 11.9. The third-order valence-corrected chi connectivity index (χ3v) is 4.33. The largest absolute Gasteiger partial charge is 0.411 e. The summed E-state index contributed by atoms with van der Waals surface area (Å²) in [5, 5.41) is 0. The van der Waals surface area contributed by atoms with Gasteiger partial charge in [0.2, 0.25) is 5.91 Å². The predicted molar refractivity (Wildman–Crippen MR) is 69.2 cm³/mol. The molecule has 2 unspecified atom stereocenters. The number of hydrogen-bond acceptors (Lipinski definition) is 2. The SMILES string of the molecule is CN(C(=O)CCOCC(F)(F)F)C1CCCCC1Br. The molecule has 1 fully saturated rings. The summed E-state index contributed by atoms with van der Waals surface area (Å²) in [4.78, 5) is 13.8. The molecule has 19 heavy (non-hydrogen) atoms. The lowest BCUT2D eigenvalue weighted by molar-refractivity contribution is -0.175. The van der Waals surface area contributed by atoms with Crippen molar-refractivity contribution in [3.63, 3.8) is 0 Å². The normalized spacial score (nSPS) is 24.3. The Bertz CT molecular complexity index is 299. The first-order valence-electron chi connectivity index (χ1n) is 6.35. The molecule has 1 rings (SSSR count). The fraction of sp³-hybridized carbons (Fsp3) is 0.917. The first kappa shape index (κ1) is 16.8. The van der Waals surface area contributed by atoms with E-state index in [0.717, 1.165) is 25.7 Å². The van der Waals surface area contributed by atoms with Gasteiger partial charge >= 0.3 is 6.18 Å². The molecule has 0 aliphatic heterocycles. The molecule has 0 spiro atoms. The summed E-state index contributed by atoms with van der Waals surface area (Å²) >= 11 is 3.56. The van der Waals surface area contributed by atoms with E-state index in [2.05, 4.69) is 20.7 Å². The molecule has 0 aromatic rings. The average molecular weight is 346 g/mol. The molecule has 3 nitrogen and oxygen atoms in total. The number of nitrogens with zero attached hydrogens (tertiary/aromatic N) is 1. The van der Waals surface area contributed by atoms with Crippen molar-refractivity contribution in [2.24, 2.45) is 0 Å². The summed E-state index contributed by atoms with van der Waals surface area (Å²) in [6, 6.07) is 0.129. The fourth-order valence-corrected chi connectivity index (χ4v) is 3.15. The monoisotopic (exact) mass is 345 g/mol. The van der Waals surface area contributed by atoms with Crippen molar-refractivity contribution in [2.45, 2.75) is 49.1 Å². The van der Waals surface area contributed by atoms with E-state index in [1.165, 1.54) is 0 Å². The van der Waals surface area contributed by atoms with E-state index in [-0.39, 0.29) is 29.8 Å². The summed E-state index contributed by atoms with van der Waals surface area (Å²) < 4.78 is 40.0. The van der Waals surface area contributed by atoms with Crippen LogP contribution in [-0.4, -0.2) is 48.1 Å². The van der Waals surface area contributed by atoms with Gasteiger partial charge in [-0.1, -0.05) is 28.8 Å². The van der Waals surface area contributed by atoms with E-state index >= 15 is 0 Å². The van der Waals surface area contributed by atoms with Crippen LogP contribution < -0.4 is 0 Å². The maximum absolute atomic E-state index is 11.9. The van der Waals surface area contributed by atoms with E-state index in [4.69, 9.17) is 0 Å². The predicted octanol–water partition coefficient (Wildman–Crippen LogP) is 3.12. The number of rotatable bonds is 5. The third-order valence-electron chi connectivity index (χ3n) is 3.26. The molecule has 0 bridgehead atoms. The highest BCUT2D eigenvalue weighted by molar-refractivity contribution is 9.09. The van der Waals surface area contributed by atoms with Crippen LogP contribution in [0.2, 0.25) is 0 Å². The first-order valence-corrected chi connectivity index (χ1v) is 7.27. The van der Waals surface area contributed by atoms with Gasteiger partial charge in [0.05, 0.1) is 13.0 Å². The molecule has 1 amide bonds. The summed E-state index contributed by atoms with van der Waals surface area (Å²) in [7, 11) is 1.70. The molecule has 0 aromatic heterocycles. The third kappa shape index (κ3) is 6.12. The zero-order chi connectivity index (χ0) is 14.5. The van der Waals surface area contributed by atoms with Crippen LogP contribution in [0.5, 0.6) is 0 Å². The highest BCUT2D eigenvalue weighted by atomic mass is 79.9. The number of alkyl halides is 4. The van der Waals surface area contributed by atoms with Crippen LogP contribution in [0.25, 0.3) is 0 Å². The van der Waals surface area contributed by atoms with Crippen LogP contribution in [0.15, 0.2) is 0 Å². The molecule has 0 saturated heterocycles. The molecule has 1 aliphatic carbocycles. The van der Waals surface area contributed by atoms with E-state index in [0.29, 0.717) is 0 Å². The minimum absolute atomic E-state index is 0.0111. The molecule has 1 aliphatic rings. The maximum Gasteiger partial charge on any atom is 0.411 e. The molecule has 2 atom stereocenters. The van der Waals surface area contributed by atoms with Gasteiger partial charge in [-0.2, -0.15) is 13.2 Å². The Morgan fingerprint density at radius 2 is 2.00 bits per heavy atom. The van der Waals surface area contributed by atoms with Crippen molar-refractivity contribution in [2.75, 3.05) is 20.3 Å². The van der Waals surface area contributed by atoms with Gasteiger partial charge in [0.15, 0.2) is 0 Å². The number of carbonyl (C=O) groups excluding carboxylic acids is 1. The Balaban J connectivity index is 2.28. The number of carbonyl (C=O) groups is 1. The number of hydrogen-bond donors (Lipinski definition) is 0. The quantitative estimate of drug-likeness (QED) is 0.566. The summed E-state index contributed by atoms with van der Waals surface area (Å²) in [6.45, 7) is -1.49. The van der Waals surface area contributed by atoms with Crippen LogP contribution in [0.3, 0.4) is 0 Å². The summed E-state index contributed by atoms with van der Waals surface area (Å²) in [6.07, 6.45) is -0.172. The Morgan fingerprint density at radius 3 is 2.58 bits per heavy atom. The fourth-order valence-electron chi connectivity index (χ4n) is 2.21. The zero-order valence-electron chi connectivity index (χ0n) is 10.9. The Hall–Kier alpha value is -0.300. The van der Waals surface area contributed by atoms with Crippen LogP contribution in [0, 0.1) is 0 Å². The van der Waals surface area contributed by atoms with E-state index < -0.39 is 12.8 Å². The minimum Gasteiger partial charge on any atom is -0.372 e. The van der Waals surface area contributed by atoms with Crippen molar-refractivity contribution in [1.29, 1.82) is 0 Å². The van der Waals surface area contributed by atoms with Crippen molar-refractivity contribution >= 4 is 21.8 Å². The van der Waals surface area contributed by atoms with Gasteiger partial charge in [0.1, 0.15) is 6.61 Å². The second kappa shape index (κ2) is 7.47. The van der Waals surface area contributed by atoms with Crippen LogP contribution in [0.4, 0.5) is 13.2 Å². The highest BCUT2D eigenvalue weighted by Gasteiger charge is 2.30.